The lowest BCUT2D eigenvalue weighted by Crippen LogP contribution is -2.14. The zero-order valence-corrected chi connectivity index (χ0v) is 16.9. The normalized spacial score (nSPS) is 17.0. The summed E-state index contributed by atoms with van der Waals surface area (Å²) in [6, 6.07) is 9.66. The number of phenols is 1. The summed E-state index contributed by atoms with van der Waals surface area (Å²) in [5.41, 5.74) is 5.66. The molecule has 1 atom stereocenters. The van der Waals surface area contributed by atoms with Gasteiger partial charge < -0.3 is 19.6 Å². The van der Waals surface area contributed by atoms with E-state index < -0.39 is 13.9 Å². The molecule has 0 amide bonds. The highest BCUT2D eigenvalue weighted by Crippen LogP contribution is 2.42. The van der Waals surface area contributed by atoms with Gasteiger partial charge >= 0.3 is 7.60 Å². The van der Waals surface area contributed by atoms with Crippen LogP contribution in [0.25, 0.3) is 0 Å². The Balaban J connectivity index is 1.97. The van der Waals surface area contributed by atoms with Gasteiger partial charge in [0.25, 0.3) is 0 Å². The highest BCUT2D eigenvalue weighted by Gasteiger charge is 2.26. The van der Waals surface area contributed by atoms with Gasteiger partial charge in [0.15, 0.2) is 6.35 Å². The molecule has 0 heterocycles. The van der Waals surface area contributed by atoms with E-state index in [-0.39, 0.29) is 11.8 Å². The van der Waals surface area contributed by atoms with Crippen molar-refractivity contribution in [1.82, 2.24) is 0 Å². The summed E-state index contributed by atoms with van der Waals surface area (Å²) in [7, 11) is -4.20. The molecule has 0 saturated carbocycles. The third-order valence-electron chi connectivity index (χ3n) is 5.21. The van der Waals surface area contributed by atoms with Gasteiger partial charge in [0.1, 0.15) is 11.5 Å². The smallest absolute Gasteiger partial charge is 0.362 e. The second-order valence-corrected chi connectivity index (χ2v) is 9.26. The topological polar surface area (TPSA) is 87.0 Å². The van der Waals surface area contributed by atoms with Crippen LogP contribution in [0.5, 0.6) is 11.5 Å². The number of ether oxygens (including phenoxy) is 1. The predicted molar refractivity (Wildman–Crippen MR) is 106 cm³/mol. The maximum absolute atomic E-state index is 11.1. The molecule has 6 heteroatoms. The van der Waals surface area contributed by atoms with Gasteiger partial charge in [-0.05, 0) is 78.1 Å². The summed E-state index contributed by atoms with van der Waals surface area (Å²) in [6.45, 7) is 6.17. The van der Waals surface area contributed by atoms with Crippen molar-refractivity contribution in [3.63, 3.8) is 0 Å². The minimum absolute atomic E-state index is 0.248. The molecule has 1 aliphatic carbocycles. The Morgan fingerprint density at radius 3 is 2.63 bits per heavy atom. The molecule has 0 unspecified atom stereocenters. The first-order chi connectivity index (χ1) is 12.7. The van der Waals surface area contributed by atoms with Gasteiger partial charge in [0, 0.05) is 5.92 Å². The zero-order valence-electron chi connectivity index (χ0n) is 16.0. The number of aryl methyl sites for hydroxylation is 2. The maximum Gasteiger partial charge on any atom is 0.362 e. The lowest BCUT2D eigenvalue weighted by atomic mass is 9.76. The van der Waals surface area contributed by atoms with Crippen LogP contribution in [-0.4, -0.2) is 21.2 Å². The monoisotopic (exact) mass is 390 g/mol. The van der Waals surface area contributed by atoms with Crippen LogP contribution in [0.1, 0.15) is 66.3 Å². The van der Waals surface area contributed by atoms with Crippen LogP contribution in [0.4, 0.5) is 0 Å². The van der Waals surface area contributed by atoms with Crippen molar-refractivity contribution in [2.75, 3.05) is 6.35 Å². The van der Waals surface area contributed by atoms with Gasteiger partial charge in [-0.15, -0.1) is 0 Å². The van der Waals surface area contributed by atoms with Crippen molar-refractivity contribution >= 4 is 7.60 Å². The number of aromatic hydroxyl groups is 1. The van der Waals surface area contributed by atoms with Crippen molar-refractivity contribution < 1.29 is 24.2 Å². The standard InChI is InChI=1S/C21H27O5P/c1-13(2)19-11-15(7-8-20(19)22)18-6-4-5-16-10-17(9-14(3)21(16)18)26-12-27(23,24)25/h7-11,13,18,22H,4-6,12H2,1-3H3,(H2,23,24,25)/t18-/m1/s1. The van der Waals surface area contributed by atoms with Crippen LogP contribution >= 0.6 is 7.60 Å². The molecule has 2 aromatic rings. The third-order valence-corrected chi connectivity index (χ3v) is 5.67. The first-order valence-electron chi connectivity index (χ1n) is 9.29. The SMILES string of the molecule is Cc1cc(OCP(=O)(O)O)cc2c1[C@@H](c1ccc(O)c(C(C)C)c1)CCC2. The Bertz CT molecular complexity index is 884. The van der Waals surface area contributed by atoms with Gasteiger partial charge in [-0.2, -0.15) is 0 Å². The summed E-state index contributed by atoms with van der Waals surface area (Å²) >= 11 is 0. The van der Waals surface area contributed by atoms with Crippen LogP contribution in [0.2, 0.25) is 0 Å². The van der Waals surface area contributed by atoms with Crippen molar-refractivity contribution in [1.29, 1.82) is 0 Å². The number of benzene rings is 2. The van der Waals surface area contributed by atoms with Crippen molar-refractivity contribution in [3.8, 4) is 11.5 Å². The minimum atomic E-state index is -4.20. The fourth-order valence-electron chi connectivity index (χ4n) is 4.01. The maximum atomic E-state index is 11.1. The van der Waals surface area contributed by atoms with Crippen LogP contribution in [0.15, 0.2) is 30.3 Å². The first kappa shape index (κ1) is 19.9. The Kier molecular flexibility index (Phi) is 5.66. The molecule has 146 valence electrons. The van der Waals surface area contributed by atoms with Gasteiger partial charge in [0.2, 0.25) is 0 Å². The Morgan fingerprint density at radius 1 is 1.22 bits per heavy atom. The van der Waals surface area contributed by atoms with E-state index in [1.807, 2.05) is 25.1 Å². The zero-order chi connectivity index (χ0) is 19.8. The highest BCUT2D eigenvalue weighted by atomic mass is 31.2. The predicted octanol–water partition coefficient (Wildman–Crippen LogP) is 4.81. The van der Waals surface area contributed by atoms with Crippen LogP contribution in [0, 0.1) is 6.92 Å². The van der Waals surface area contributed by atoms with E-state index in [0.717, 1.165) is 30.4 Å². The average molecular weight is 390 g/mol. The average Bonchev–Trinajstić information content (AvgIpc) is 2.59. The summed E-state index contributed by atoms with van der Waals surface area (Å²) in [4.78, 5) is 18.1. The molecule has 0 spiro atoms. The van der Waals surface area contributed by atoms with E-state index in [0.29, 0.717) is 11.5 Å². The Morgan fingerprint density at radius 2 is 1.96 bits per heavy atom. The van der Waals surface area contributed by atoms with E-state index in [1.54, 1.807) is 6.07 Å². The molecule has 2 aromatic carbocycles. The van der Waals surface area contributed by atoms with Crippen LogP contribution < -0.4 is 4.74 Å². The van der Waals surface area contributed by atoms with Crippen LogP contribution in [-0.2, 0) is 11.0 Å². The molecule has 0 bridgehead atoms. The van der Waals surface area contributed by atoms with Gasteiger partial charge in [-0.1, -0.05) is 26.0 Å². The van der Waals surface area contributed by atoms with Gasteiger partial charge in [-0.3, -0.25) is 4.57 Å². The molecule has 5 nitrogen and oxygen atoms in total. The van der Waals surface area contributed by atoms with E-state index in [1.165, 1.54) is 16.7 Å². The molecule has 0 saturated heterocycles. The molecular formula is C21H27O5P. The molecule has 0 aromatic heterocycles. The van der Waals surface area contributed by atoms with Crippen molar-refractivity contribution in [3.05, 3.63) is 58.1 Å². The van der Waals surface area contributed by atoms with Crippen molar-refractivity contribution in [2.45, 2.75) is 51.9 Å². The van der Waals surface area contributed by atoms with E-state index in [2.05, 4.69) is 19.9 Å². The molecule has 0 radical (unpaired) electrons. The Hall–Kier alpha value is -1.81. The lowest BCUT2D eigenvalue weighted by Gasteiger charge is -2.29. The quantitative estimate of drug-likeness (QED) is 0.638. The van der Waals surface area contributed by atoms with E-state index >= 15 is 0 Å². The highest BCUT2D eigenvalue weighted by molar-refractivity contribution is 7.51. The summed E-state index contributed by atoms with van der Waals surface area (Å²) < 4.78 is 16.4. The first-order valence-corrected chi connectivity index (χ1v) is 11.1. The molecular weight excluding hydrogens is 363 g/mol. The molecule has 1 aliphatic rings. The summed E-state index contributed by atoms with van der Waals surface area (Å²) in [6.07, 6.45) is 2.40. The molecule has 3 N–H and O–H groups in total. The summed E-state index contributed by atoms with van der Waals surface area (Å²) in [5, 5.41) is 10.1. The second kappa shape index (κ2) is 7.67. The molecule has 27 heavy (non-hydrogen) atoms. The fraction of sp³-hybridized carbons (Fsp3) is 0.429. The van der Waals surface area contributed by atoms with Gasteiger partial charge in [0.05, 0.1) is 0 Å². The number of phenolic OH excluding ortho intramolecular Hbond substituents is 1. The Labute approximate surface area is 160 Å². The van der Waals surface area contributed by atoms with Gasteiger partial charge in [-0.25, -0.2) is 0 Å². The number of fused-ring (bicyclic) bond motifs is 1. The third kappa shape index (κ3) is 4.55. The van der Waals surface area contributed by atoms with Crippen LogP contribution in [0.3, 0.4) is 0 Å². The van der Waals surface area contributed by atoms with E-state index in [4.69, 9.17) is 14.5 Å². The molecule has 0 fully saturated rings. The largest absolute Gasteiger partial charge is 0.508 e. The fourth-order valence-corrected chi connectivity index (χ4v) is 4.33. The summed E-state index contributed by atoms with van der Waals surface area (Å²) in [5.74, 6) is 1.34. The molecule has 0 aliphatic heterocycles. The lowest BCUT2D eigenvalue weighted by molar-refractivity contribution is 0.300. The number of rotatable bonds is 5. The number of hydrogen-bond donors (Lipinski definition) is 3. The number of hydrogen-bond acceptors (Lipinski definition) is 3. The minimum Gasteiger partial charge on any atom is -0.508 e. The van der Waals surface area contributed by atoms with E-state index in [9.17, 15) is 9.67 Å². The van der Waals surface area contributed by atoms with Crippen molar-refractivity contribution in [2.24, 2.45) is 0 Å². The second-order valence-electron chi connectivity index (χ2n) is 7.67. The molecule has 3 rings (SSSR count).